The molecule has 0 fully saturated rings. The quantitative estimate of drug-likeness (QED) is 0.131. The van der Waals surface area contributed by atoms with Crippen molar-refractivity contribution in [3.05, 3.63) is 12.2 Å². The van der Waals surface area contributed by atoms with E-state index in [1.165, 1.54) is 89.9 Å². The van der Waals surface area contributed by atoms with Crippen molar-refractivity contribution >= 4 is 5.97 Å². The molecular formula is C24H46O2. The molecule has 0 aromatic heterocycles. The summed E-state index contributed by atoms with van der Waals surface area (Å²) in [7, 11) is 0. The molecule has 0 aliphatic rings. The van der Waals surface area contributed by atoms with Crippen LogP contribution in [0.15, 0.2) is 12.2 Å². The van der Waals surface area contributed by atoms with Crippen LogP contribution in [0.5, 0.6) is 0 Å². The SMILES string of the molecule is CCCCCC/C=C\CCCCCCCCCCCC(=O)OCC(C)C. The molecule has 0 atom stereocenters. The average molecular weight is 367 g/mol. The number of ether oxygens (including phenoxy) is 1. The third-order valence-corrected chi connectivity index (χ3v) is 4.72. The second-order valence-electron chi connectivity index (χ2n) is 8.12. The molecule has 0 saturated heterocycles. The van der Waals surface area contributed by atoms with E-state index in [1.54, 1.807) is 0 Å². The molecule has 26 heavy (non-hydrogen) atoms. The first-order valence-electron chi connectivity index (χ1n) is 11.5. The topological polar surface area (TPSA) is 26.3 Å². The van der Waals surface area contributed by atoms with Gasteiger partial charge in [0.15, 0.2) is 0 Å². The number of esters is 1. The Morgan fingerprint density at radius 1 is 0.731 bits per heavy atom. The summed E-state index contributed by atoms with van der Waals surface area (Å²) in [6.45, 7) is 6.97. The van der Waals surface area contributed by atoms with Gasteiger partial charge in [-0.1, -0.05) is 97.1 Å². The first-order valence-corrected chi connectivity index (χ1v) is 11.5. The van der Waals surface area contributed by atoms with E-state index in [0.29, 0.717) is 18.9 Å². The summed E-state index contributed by atoms with van der Waals surface area (Å²) in [4.78, 5) is 11.5. The van der Waals surface area contributed by atoms with Crippen LogP contribution in [-0.4, -0.2) is 12.6 Å². The fraction of sp³-hybridized carbons (Fsp3) is 0.875. The van der Waals surface area contributed by atoms with E-state index >= 15 is 0 Å². The van der Waals surface area contributed by atoms with Gasteiger partial charge in [0, 0.05) is 6.42 Å². The Hall–Kier alpha value is -0.790. The van der Waals surface area contributed by atoms with Crippen LogP contribution in [0.25, 0.3) is 0 Å². The van der Waals surface area contributed by atoms with Crippen LogP contribution >= 0.6 is 0 Å². The molecule has 0 saturated carbocycles. The van der Waals surface area contributed by atoms with E-state index in [4.69, 9.17) is 4.74 Å². The van der Waals surface area contributed by atoms with Crippen LogP contribution in [0, 0.1) is 5.92 Å². The zero-order valence-corrected chi connectivity index (χ0v) is 18.1. The van der Waals surface area contributed by atoms with Crippen molar-refractivity contribution in [1.82, 2.24) is 0 Å². The Morgan fingerprint density at radius 3 is 1.69 bits per heavy atom. The summed E-state index contributed by atoms with van der Waals surface area (Å²) in [5.41, 5.74) is 0. The zero-order valence-electron chi connectivity index (χ0n) is 18.1. The average Bonchev–Trinajstić information content (AvgIpc) is 2.62. The highest BCUT2D eigenvalue weighted by atomic mass is 16.5. The summed E-state index contributed by atoms with van der Waals surface area (Å²) in [5, 5.41) is 0. The Kier molecular flexibility index (Phi) is 19.9. The normalized spacial score (nSPS) is 11.5. The van der Waals surface area contributed by atoms with Crippen LogP contribution in [0.2, 0.25) is 0 Å². The van der Waals surface area contributed by atoms with Crippen LogP contribution in [0.1, 0.15) is 124 Å². The van der Waals surface area contributed by atoms with Crippen molar-refractivity contribution in [2.45, 2.75) is 124 Å². The lowest BCUT2D eigenvalue weighted by atomic mass is 10.1. The minimum absolute atomic E-state index is 0.0197. The molecule has 2 nitrogen and oxygen atoms in total. The third-order valence-electron chi connectivity index (χ3n) is 4.72. The number of hydrogen-bond donors (Lipinski definition) is 0. The van der Waals surface area contributed by atoms with Gasteiger partial charge in [0.2, 0.25) is 0 Å². The molecule has 0 amide bonds. The molecule has 0 spiro atoms. The van der Waals surface area contributed by atoms with Gasteiger partial charge in [-0.2, -0.15) is 0 Å². The van der Waals surface area contributed by atoms with E-state index in [1.807, 2.05) is 0 Å². The molecule has 0 aliphatic carbocycles. The minimum Gasteiger partial charge on any atom is -0.465 e. The van der Waals surface area contributed by atoms with Crippen LogP contribution in [-0.2, 0) is 9.53 Å². The number of hydrogen-bond acceptors (Lipinski definition) is 2. The van der Waals surface area contributed by atoms with Crippen molar-refractivity contribution in [2.75, 3.05) is 6.61 Å². The summed E-state index contributed by atoms with van der Waals surface area (Å²) in [6.07, 6.45) is 24.9. The van der Waals surface area contributed by atoms with Crippen molar-refractivity contribution in [3.63, 3.8) is 0 Å². The third kappa shape index (κ3) is 21.3. The Labute approximate surface area is 164 Å². The van der Waals surface area contributed by atoms with Crippen LogP contribution in [0.3, 0.4) is 0 Å². The van der Waals surface area contributed by atoms with Gasteiger partial charge in [-0.15, -0.1) is 0 Å². The molecule has 2 heteroatoms. The lowest BCUT2D eigenvalue weighted by molar-refractivity contribution is -0.144. The first kappa shape index (κ1) is 25.2. The molecular weight excluding hydrogens is 320 g/mol. The lowest BCUT2D eigenvalue weighted by Crippen LogP contribution is -2.09. The maximum absolute atomic E-state index is 11.5. The van der Waals surface area contributed by atoms with Crippen LogP contribution in [0.4, 0.5) is 0 Å². The zero-order chi connectivity index (χ0) is 19.3. The molecule has 0 aromatic carbocycles. The molecule has 0 radical (unpaired) electrons. The van der Waals surface area contributed by atoms with Crippen molar-refractivity contribution in [1.29, 1.82) is 0 Å². The van der Waals surface area contributed by atoms with E-state index in [9.17, 15) is 4.79 Å². The number of allylic oxidation sites excluding steroid dienone is 2. The number of unbranched alkanes of at least 4 members (excludes halogenated alkanes) is 13. The fourth-order valence-corrected chi connectivity index (χ4v) is 3.03. The number of carbonyl (C=O) groups excluding carboxylic acids is 1. The lowest BCUT2D eigenvalue weighted by Gasteiger charge is -2.06. The van der Waals surface area contributed by atoms with Crippen molar-refractivity contribution in [3.8, 4) is 0 Å². The molecule has 0 heterocycles. The Morgan fingerprint density at radius 2 is 1.19 bits per heavy atom. The van der Waals surface area contributed by atoms with Gasteiger partial charge in [0.05, 0.1) is 6.61 Å². The van der Waals surface area contributed by atoms with E-state index in [-0.39, 0.29) is 5.97 Å². The second kappa shape index (κ2) is 20.5. The predicted molar refractivity (Wildman–Crippen MR) is 114 cm³/mol. The summed E-state index contributed by atoms with van der Waals surface area (Å²) < 4.78 is 5.19. The molecule has 0 aromatic rings. The fourth-order valence-electron chi connectivity index (χ4n) is 3.03. The summed E-state index contributed by atoms with van der Waals surface area (Å²) in [5.74, 6) is 0.416. The Balaban J connectivity index is 3.15. The predicted octanol–water partition coefficient (Wildman–Crippen LogP) is 8.00. The molecule has 0 aliphatic heterocycles. The van der Waals surface area contributed by atoms with Gasteiger partial charge in [0.1, 0.15) is 0 Å². The van der Waals surface area contributed by atoms with Gasteiger partial charge in [-0.3, -0.25) is 4.79 Å². The maximum atomic E-state index is 11.5. The largest absolute Gasteiger partial charge is 0.465 e. The maximum Gasteiger partial charge on any atom is 0.305 e. The minimum atomic E-state index is -0.0197. The van der Waals surface area contributed by atoms with Crippen molar-refractivity contribution in [2.24, 2.45) is 5.92 Å². The highest BCUT2D eigenvalue weighted by molar-refractivity contribution is 5.69. The van der Waals surface area contributed by atoms with Gasteiger partial charge in [0.25, 0.3) is 0 Å². The number of carbonyl (C=O) groups is 1. The summed E-state index contributed by atoms with van der Waals surface area (Å²) in [6, 6.07) is 0. The van der Waals surface area contributed by atoms with E-state index < -0.39 is 0 Å². The van der Waals surface area contributed by atoms with E-state index in [0.717, 1.165) is 6.42 Å². The highest BCUT2D eigenvalue weighted by Crippen LogP contribution is 2.12. The van der Waals surface area contributed by atoms with Gasteiger partial charge in [-0.05, 0) is 38.0 Å². The molecule has 154 valence electrons. The highest BCUT2D eigenvalue weighted by Gasteiger charge is 2.03. The first-order chi connectivity index (χ1) is 12.7. The smallest absolute Gasteiger partial charge is 0.305 e. The van der Waals surface area contributed by atoms with E-state index in [2.05, 4.69) is 32.9 Å². The summed E-state index contributed by atoms with van der Waals surface area (Å²) >= 11 is 0. The Bertz CT molecular complexity index is 320. The van der Waals surface area contributed by atoms with Crippen LogP contribution < -0.4 is 0 Å². The second-order valence-corrected chi connectivity index (χ2v) is 8.12. The van der Waals surface area contributed by atoms with Gasteiger partial charge < -0.3 is 4.74 Å². The van der Waals surface area contributed by atoms with Crippen molar-refractivity contribution < 1.29 is 9.53 Å². The standard InChI is InChI=1S/C24H46O2/c1-4-5-6-7-8-9-10-11-12-13-14-15-16-17-18-19-20-21-24(25)26-22-23(2)3/h9-10,23H,4-8,11-22H2,1-3H3/b10-9-. The van der Waals surface area contributed by atoms with Gasteiger partial charge in [-0.25, -0.2) is 0 Å². The monoisotopic (exact) mass is 366 g/mol. The molecule has 0 N–H and O–H groups in total. The molecule has 0 unspecified atom stereocenters. The molecule has 0 rings (SSSR count). The molecule has 0 bridgehead atoms. The van der Waals surface area contributed by atoms with Gasteiger partial charge >= 0.3 is 5.97 Å². The number of rotatable bonds is 19.